The van der Waals surface area contributed by atoms with Gasteiger partial charge in [0, 0.05) is 12.1 Å². The lowest BCUT2D eigenvalue weighted by atomic mass is 9.97. The van der Waals surface area contributed by atoms with Crippen molar-refractivity contribution in [3.8, 4) is 0 Å². The van der Waals surface area contributed by atoms with Crippen molar-refractivity contribution in [3.05, 3.63) is 11.6 Å². The lowest BCUT2D eigenvalue weighted by Gasteiger charge is -2.15. The molecule has 0 spiro atoms. The molecule has 4 nitrogen and oxygen atoms in total. The average molecular weight is 227 g/mol. The van der Waals surface area contributed by atoms with Crippen molar-refractivity contribution in [2.75, 3.05) is 6.54 Å². The molecule has 0 aromatic heterocycles. The maximum atomic E-state index is 11.4. The molecule has 92 valence electrons. The van der Waals surface area contributed by atoms with Crippen LogP contribution in [0.2, 0.25) is 0 Å². The normalized spacial score (nSPS) is 13.7. The van der Waals surface area contributed by atoms with E-state index in [0.717, 1.165) is 0 Å². The predicted octanol–water partition coefficient (Wildman–Crippen LogP) is 1.82. The van der Waals surface area contributed by atoms with Gasteiger partial charge in [-0.3, -0.25) is 9.59 Å². The van der Waals surface area contributed by atoms with E-state index >= 15 is 0 Å². The summed E-state index contributed by atoms with van der Waals surface area (Å²) in [5.41, 5.74) is 0.605. The van der Waals surface area contributed by atoms with Gasteiger partial charge in [0.05, 0.1) is 5.92 Å². The molecule has 0 aromatic carbocycles. The molecule has 0 rings (SSSR count). The average Bonchev–Trinajstić information content (AvgIpc) is 2.21. The van der Waals surface area contributed by atoms with Gasteiger partial charge >= 0.3 is 5.97 Å². The Kier molecular flexibility index (Phi) is 6.46. The summed E-state index contributed by atoms with van der Waals surface area (Å²) < 4.78 is 0. The molecule has 0 aliphatic carbocycles. The van der Waals surface area contributed by atoms with Crippen molar-refractivity contribution in [3.63, 3.8) is 0 Å². The molecule has 0 radical (unpaired) electrons. The van der Waals surface area contributed by atoms with Gasteiger partial charge in [0.25, 0.3) is 0 Å². The van der Waals surface area contributed by atoms with Gasteiger partial charge in [-0.15, -0.1) is 0 Å². The van der Waals surface area contributed by atoms with Crippen LogP contribution in [0.25, 0.3) is 0 Å². The maximum Gasteiger partial charge on any atom is 0.308 e. The molecule has 2 N–H and O–H groups in total. The van der Waals surface area contributed by atoms with E-state index in [0.29, 0.717) is 17.9 Å². The first-order chi connectivity index (χ1) is 7.38. The molecule has 1 atom stereocenters. The highest BCUT2D eigenvalue weighted by atomic mass is 16.4. The van der Waals surface area contributed by atoms with Gasteiger partial charge < -0.3 is 10.4 Å². The van der Waals surface area contributed by atoms with Crippen molar-refractivity contribution >= 4 is 11.9 Å². The van der Waals surface area contributed by atoms with Crippen LogP contribution < -0.4 is 5.32 Å². The fourth-order valence-electron chi connectivity index (χ4n) is 1.33. The van der Waals surface area contributed by atoms with Gasteiger partial charge in [0.1, 0.15) is 0 Å². The number of carboxylic acid groups (broad SMARTS) is 1. The summed E-state index contributed by atoms with van der Waals surface area (Å²) in [6, 6.07) is 0. The zero-order valence-electron chi connectivity index (χ0n) is 10.4. The summed E-state index contributed by atoms with van der Waals surface area (Å²) in [6.45, 7) is 7.60. The van der Waals surface area contributed by atoms with Crippen molar-refractivity contribution < 1.29 is 14.7 Å². The predicted molar refractivity (Wildman–Crippen MR) is 63.0 cm³/mol. The molecular formula is C12H21NO3. The van der Waals surface area contributed by atoms with Crippen LogP contribution in [0.15, 0.2) is 11.6 Å². The third-order valence-electron chi connectivity index (χ3n) is 2.41. The van der Waals surface area contributed by atoms with Crippen molar-refractivity contribution in [2.45, 2.75) is 34.1 Å². The molecule has 1 unspecified atom stereocenters. The Morgan fingerprint density at radius 2 is 1.94 bits per heavy atom. The van der Waals surface area contributed by atoms with Crippen LogP contribution >= 0.6 is 0 Å². The Balaban J connectivity index is 4.23. The SMILES string of the molecule is CC=C(C)C(=O)NCC(CC(C)C)C(=O)O. The summed E-state index contributed by atoms with van der Waals surface area (Å²) in [7, 11) is 0. The third-order valence-corrected chi connectivity index (χ3v) is 2.41. The lowest BCUT2D eigenvalue weighted by molar-refractivity contribution is -0.142. The number of carbonyl (C=O) groups excluding carboxylic acids is 1. The van der Waals surface area contributed by atoms with Crippen LogP contribution in [0, 0.1) is 11.8 Å². The summed E-state index contributed by atoms with van der Waals surface area (Å²) in [5, 5.41) is 11.6. The van der Waals surface area contributed by atoms with Crippen LogP contribution in [0.1, 0.15) is 34.1 Å². The van der Waals surface area contributed by atoms with Gasteiger partial charge in [-0.2, -0.15) is 0 Å². The molecule has 4 heteroatoms. The van der Waals surface area contributed by atoms with Gasteiger partial charge in [0.15, 0.2) is 0 Å². The first-order valence-electron chi connectivity index (χ1n) is 5.52. The summed E-state index contributed by atoms with van der Waals surface area (Å²) in [4.78, 5) is 22.3. The van der Waals surface area contributed by atoms with E-state index in [4.69, 9.17) is 5.11 Å². The molecule has 0 aromatic rings. The topological polar surface area (TPSA) is 66.4 Å². The molecule has 0 saturated heterocycles. The number of hydrogen-bond donors (Lipinski definition) is 2. The second-order valence-electron chi connectivity index (χ2n) is 4.35. The molecule has 16 heavy (non-hydrogen) atoms. The fraction of sp³-hybridized carbons (Fsp3) is 0.667. The van der Waals surface area contributed by atoms with Crippen LogP contribution in [-0.4, -0.2) is 23.5 Å². The van der Waals surface area contributed by atoms with Crippen molar-refractivity contribution in [1.29, 1.82) is 0 Å². The van der Waals surface area contributed by atoms with Crippen LogP contribution in [0.4, 0.5) is 0 Å². The van der Waals surface area contributed by atoms with Crippen LogP contribution in [0.5, 0.6) is 0 Å². The van der Waals surface area contributed by atoms with Gasteiger partial charge in [0.2, 0.25) is 5.91 Å². The third kappa shape index (κ3) is 5.53. The quantitative estimate of drug-likeness (QED) is 0.680. The van der Waals surface area contributed by atoms with E-state index in [-0.39, 0.29) is 12.5 Å². The zero-order valence-corrected chi connectivity index (χ0v) is 10.4. The number of carboxylic acids is 1. The lowest BCUT2D eigenvalue weighted by Crippen LogP contribution is -2.34. The highest BCUT2D eigenvalue weighted by Gasteiger charge is 2.19. The fourth-order valence-corrected chi connectivity index (χ4v) is 1.33. The molecule has 0 aliphatic heterocycles. The van der Waals surface area contributed by atoms with E-state index in [1.165, 1.54) is 0 Å². The largest absolute Gasteiger partial charge is 0.481 e. The number of nitrogens with one attached hydrogen (secondary N) is 1. The number of hydrogen-bond acceptors (Lipinski definition) is 2. The van der Waals surface area contributed by atoms with E-state index in [9.17, 15) is 9.59 Å². The summed E-state index contributed by atoms with van der Waals surface area (Å²) >= 11 is 0. The van der Waals surface area contributed by atoms with Gasteiger partial charge in [-0.1, -0.05) is 19.9 Å². The first kappa shape index (κ1) is 14.7. The number of aliphatic carboxylic acids is 1. The maximum absolute atomic E-state index is 11.4. The van der Waals surface area contributed by atoms with Gasteiger partial charge in [-0.25, -0.2) is 0 Å². The number of carbonyl (C=O) groups is 2. The number of allylic oxidation sites excluding steroid dienone is 1. The molecule has 0 heterocycles. The van der Waals surface area contributed by atoms with E-state index in [1.807, 2.05) is 13.8 Å². The highest BCUT2D eigenvalue weighted by molar-refractivity contribution is 5.92. The van der Waals surface area contributed by atoms with Crippen molar-refractivity contribution in [1.82, 2.24) is 5.32 Å². The molecule has 0 fully saturated rings. The summed E-state index contributed by atoms with van der Waals surface area (Å²) in [5.74, 6) is -1.25. The second kappa shape index (κ2) is 7.04. The minimum atomic E-state index is -0.855. The first-order valence-corrected chi connectivity index (χ1v) is 5.52. The smallest absolute Gasteiger partial charge is 0.308 e. The molecule has 1 amide bonds. The highest BCUT2D eigenvalue weighted by Crippen LogP contribution is 2.11. The molecule has 0 aliphatic rings. The Labute approximate surface area is 96.7 Å². The number of rotatable bonds is 6. The van der Waals surface area contributed by atoms with E-state index in [2.05, 4.69) is 5.32 Å². The van der Waals surface area contributed by atoms with E-state index in [1.54, 1.807) is 19.9 Å². The Morgan fingerprint density at radius 1 is 1.38 bits per heavy atom. The zero-order chi connectivity index (χ0) is 12.7. The van der Waals surface area contributed by atoms with Crippen molar-refractivity contribution in [2.24, 2.45) is 11.8 Å². The second-order valence-corrected chi connectivity index (χ2v) is 4.35. The number of amides is 1. The standard InChI is InChI=1S/C12H21NO3/c1-5-9(4)11(14)13-7-10(12(15)16)6-8(2)3/h5,8,10H,6-7H2,1-4H3,(H,13,14)(H,15,16). The van der Waals surface area contributed by atoms with E-state index < -0.39 is 11.9 Å². The molecule has 0 saturated carbocycles. The molecular weight excluding hydrogens is 206 g/mol. The van der Waals surface area contributed by atoms with Gasteiger partial charge in [-0.05, 0) is 26.2 Å². The monoisotopic (exact) mass is 227 g/mol. The molecule has 0 bridgehead atoms. The Hall–Kier alpha value is -1.32. The minimum absolute atomic E-state index is 0.192. The minimum Gasteiger partial charge on any atom is -0.481 e. The summed E-state index contributed by atoms with van der Waals surface area (Å²) in [6.07, 6.45) is 2.28. The van der Waals surface area contributed by atoms with Crippen LogP contribution in [-0.2, 0) is 9.59 Å². The van der Waals surface area contributed by atoms with Crippen LogP contribution in [0.3, 0.4) is 0 Å². The Morgan fingerprint density at radius 3 is 2.31 bits per heavy atom. The Bertz CT molecular complexity index is 282.